The van der Waals surface area contributed by atoms with Gasteiger partial charge in [-0.05, 0) is 42.8 Å². The van der Waals surface area contributed by atoms with Gasteiger partial charge in [-0.1, -0.05) is 48.5 Å². The van der Waals surface area contributed by atoms with E-state index in [0.717, 1.165) is 33.9 Å². The van der Waals surface area contributed by atoms with E-state index in [0.29, 0.717) is 37.4 Å². The topological polar surface area (TPSA) is 75.9 Å². The Balaban J connectivity index is 1.35. The van der Waals surface area contributed by atoms with E-state index in [-0.39, 0.29) is 11.9 Å². The number of nitrogens with zero attached hydrogens (tertiary/aromatic N) is 6. The quantitative estimate of drug-likeness (QED) is 0.366. The van der Waals surface area contributed by atoms with E-state index in [1.165, 1.54) is 0 Å². The minimum Gasteiger partial charge on any atom is -0.497 e. The van der Waals surface area contributed by atoms with Gasteiger partial charge < -0.3 is 14.5 Å². The molecular formula is C29H28N6O2. The number of methoxy groups -OCH3 is 1. The summed E-state index contributed by atoms with van der Waals surface area (Å²) in [5, 5.41) is 10.1. The molecule has 1 aliphatic rings. The third-order valence-electron chi connectivity index (χ3n) is 6.99. The van der Waals surface area contributed by atoms with Gasteiger partial charge in [0.2, 0.25) is 5.95 Å². The standard InChI is InChI=1S/C29H28N6O2/c1-20-19-33(15-16-34(20)28(36)22-11-8-12-23(18-22)37-2)29-30-25-14-7-6-13-24(25)27-32-31-26(35(27)29)17-21-9-4-3-5-10-21/h3-14,18,20H,15-17,19H2,1-2H3/t20-/m0/s1. The largest absolute Gasteiger partial charge is 0.497 e. The van der Waals surface area contributed by atoms with E-state index in [9.17, 15) is 4.79 Å². The number of rotatable bonds is 5. The van der Waals surface area contributed by atoms with Gasteiger partial charge in [0, 0.05) is 43.0 Å². The van der Waals surface area contributed by atoms with Crippen molar-refractivity contribution in [2.24, 2.45) is 0 Å². The molecule has 1 amide bonds. The number of para-hydroxylation sites is 1. The zero-order chi connectivity index (χ0) is 25.4. The lowest BCUT2D eigenvalue weighted by molar-refractivity contribution is 0.0672. The lowest BCUT2D eigenvalue weighted by Crippen LogP contribution is -2.54. The number of benzene rings is 3. The first-order valence-corrected chi connectivity index (χ1v) is 12.5. The van der Waals surface area contributed by atoms with Gasteiger partial charge in [-0.25, -0.2) is 9.38 Å². The Morgan fingerprint density at radius 3 is 2.59 bits per heavy atom. The molecule has 2 aromatic heterocycles. The van der Waals surface area contributed by atoms with E-state index in [4.69, 9.17) is 9.72 Å². The van der Waals surface area contributed by atoms with Gasteiger partial charge in [0.25, 0.3) is 5.91 Å². The van der Waals surface area contributed by atoms with Crippen LogP contribution in [0.5, 0.6) is 5.75 Å². The van der Waals surface area contributed by atoms with Crippen molar-refractivity contribution in [3.8, 4) is 5.75 Å². The third-order valence-corrected chi connectivity index (χ3v) is 6.99. The van der Waals surface area contributed by atoms with Crippen LogP contribution in [0.15, 0.2) is 78.9 Å². The van der Waals surface area contributed by atoms with Gasteiger partial charge in [-0.3, -0.25) is 4.79 Å². The number of anilines is 1. The Hall–Kier alpha value is -4.46. The van der Waals surface area contributed by atoms with Crippen molar-refractivity contribution in [1.82, 2.24) is 24.5 Å². The van der Waals surface area contributed by atoms with Crippen molar-refractivity contribution in [3.05, 3.63) is 95.8 Å². The molecule has 1 aliphatic heterocycles. The molecule has 1 atom stereocenters. The molecule has 0 radical (unpaired) electrons. The molecule has 3 aromatic carbocycles. The minimum absolute atomic E-state index is 0.00942. The van der Waals surface area contributed by atoms with Crippen LogP contribution in [0, 0.1) is 0 Å². The molecule has 5 aromatic rings. The van der Waals surface area contributed by atoms with E-state index in [1.54, 1.807) is 13.2 Å². The number of amides is 1. The molecule has 1 fully saturated rings. The lowest BCUT2D eigenvalue weighted by Gasteiger charge is -2.40. The predicted octanol–water partition coefficient (Wildman–Crippen LogP) is 4.23. The van der Waals surface area contributed by atoms with Crippen LogP contribution in [0.1, 0.15) is 28.7 Å². The Morgan fingerprint density at radius 2 is 1.78 bits per heavy atom. The Morgan fingerprint density at radius 1 is 0.973 bits per heavy atom. The van der Waals surface area contributed by atoms with Crippen LogP contribution in [0.4, 0.5) is 5.95 Å². The highest BCUT2D eigenvalue weighted by Gasteiger charge is 2.31. The lowest BCUT2D eigenvalue weighted by atomic mass is 10.1. The molecule has 1 saturated heterocycles. The number of aromatic nitrogens is 4. The van der Waals surface area contributed by atoms with Crippen molar-refractivity contribution in [2.45, 2.75) is 19.4 Å². The molecule has 0 saturated carbocycles. The Bertz CT molecular complexity index is 1580. The SMILES string of the molecule is COc1cccc(C(=O)N2CCN(c3nc4ccccc4c4nnc(Cc5ccccc5)n34)C[C@@H]2C)c1. The van der Waals surface area contributed by atoms with Crippen LogP contribution < -0.4 is 9.64 Å². The molecule has 0 bridgehead atoms. The zero-order valence-corrected chi connectivity index (χ0v) is 20.9. The molecule has 0 unspecified atom stereocenters. The van der Waals surface area contributed by atoms with Crippen LogP contribution in [-0.2, 0) is 6.42 Å². The summed E-state index contributed by atoms with van der Waals surface area (Å²) in [5.74, 6) is 2.34. The summed E-state index contributed by atoms with van der Waals surface area (Å²) in [6.45, 7) is 3.98. The predicted molar refractivity (Wildman–Crippen MR) is 143 cm³/mol. The number of hydrogen-bond donors (Lipinski definition) is 0. The summed E-state index contributed by atoms with van der Waals surface area (Å²) < 4.78 is 7.40. The highest BCUT2D eigenvalue weighted by molar-refractivity contribution is 5.95. The third kappa shape index (κ3) is 4.24. The zero-order valence-electron chi connectivity index (χ0n) is 20.9. The summed E-state index contributed by atoms with van der Waals surface area (Å²) in [6.07, 6.45) is 0.652. The molecule has 37 heavy (non-hydrogen) atoms. The molecule has 0 aliphatic carbocycles. The van der Waals surface area contributed by atoms with Crippen molar-refractivity contribution in [1.29, 1.82) is 0 Å². The van der Waals surface area contributed by atoms with Gasteiger partial charge in [-0.2, -0.15) is 0 Å². The highest BCUT2D eigenvalue weighted by atomic mass is 16.5. The van der Waals surface area contributed by atoms with Crippen molar-refractivity contribution >= 4 is 28.4 Å². The number of piperazine rings is 1. The Kier molecular flexibility index (Phi) is 5.92. The first kappa shape index (κ1) is 23.0. The summed E-state index contributed by atoms with van der Waals surface area (Å²) in [6, 6.07) is 25.6. The average Bonchev–Trinajstić information content (AvgIpc) is 3.36. The molecular weight excluding hydrogens is 464 g/mol. The van der Waals surface area contributed by atoms with E-state index >= 15 is 0 Å². The van der Waals surface area contributed by atoms with Crippen LogP contribution in [0.25, 0.3) is 16.6 Å². The number of hydrogen-bond acceptors (Lipinski definition) is 6. The van der Waals surface area contributed by atoms with Crippen LogP contribution in [-0.4, -0.2) is 63.2 Å². The van der Waals surface area contributed by atoms with Gasteiger partial charge >= 0.3 is 0 Å². The second kappa shape index (κ2) is 9.54. The van der Waals surface area contributed by atoms with Gasteiger partial charge in [-0.15, -0.1) is 10.2 Å². The maximum atomic E-state index is 13.3. The fourth-order valence-corrected chi connectivity index (χ4v) is 5.09. The van der Waals surface area contributed by atoms with E-state index in [1.807, 2.05) is 65.6 Å². The number of carbonyl (C=O) groups excluding carboxylic acids is 1. The fourth-order valence-electron chi connectivity index (χ4n) is 5.09. The van der Waals surface area contributed by atoms with Crippen molar-refractivity contribution in [2.75, 3.05) is 31.6 Å². The molecule has 3 heterocycles. The molecule has 8 heteroatoms. The normalized spacial score (nSPS) is 15.9. The van der Waals surface area contributed by atoms with Gasteiger partial charge in [0.05, 0.1) is 12.6 Å². The van der Waals surface area contributed by atoms with Crippen molar-refractivity contribution < 1.29 is 9.53 Å². The van der Waals surface area contributed by atoms with Crippen LogP contribution >= 0.6 is 0 Å². The Labute approximate surface area is 215 Å². The van der Waals surface area contributed by atoms with Crippen LogP contribution in [0.2, 0.25) is 0 Å². The smallest absolute Gasteiger partial charge is 0.254 e. The minimum atomic E-state index is -0.00942. The summed E-state index contributed by atoms with van der Waals surface area (Å²) >= 11 is 0. The van der Waals surface area contributed by atoms with E-state index in [2.05, 4.69) is 38.6 Å². The number of carbonyl (C=O) groups is 1. The summed E-state index contributed by atoms with van der Waals surface area (Å²) in [7, 11) is 1.61. The average molecular weight is 493 g/mol. The second-order valence-corrected chi connectivity index (χ2v) is 9.39. The fraction of sp³-hybridized carbons (Fsp3) is 0.241. The highest BCUT2D eigenvalue weighted by Crippen LogP contribution is 2.27. The monoisotopic (exact) mass is 492 g/mol. The van der Waals surface area contributed by atoms with Gasteiger partial charge in [0.15, 0.2) is 5.65 Å². The first-order chi connectivity index (χ1) is 18.1. The molecule has 6 rings (SSSR count). The molecule has 8 nitrogen and oxygen atoms in total. The van der Waals surface area contributed by atoms with Gasteiger partial charge in [0.1, 0.15) is 11.6 Å². The maximum Gasteiger partial charge on any atom is 0.254 e. The summed E-state index contributed by atoms with van der Waals surface area (Å²) in [4.78, 5) is 22.6. The van der Waals surface area contributed by atoms with Crippen LogP contribution in [0.3, 0.4) is 0 Å². The second-order valence-electron chi connectivity index (χ2n) is 9.39. The summed E-state index contributed by atoms with van der Waals surface area (Å²) in [5.41, 5.74) is 3.48. The van der Waals surface area contributed by atoms with Crippen molar-refractivity contribution in [3.63, 3.8) is 0 Å². The number of ether oxygens (including phenoxy) is 1. The molecule has 186 valence electrons. The van der Waals surface area contributed by atoms with E-state index < -0.39 is 0 Å². The maximum absolute atomic E-state index is 13.3. The molecule has 0 spiro atoms. The number of fused-ring (bicyclic) bond motifs is 3. The molecule has 0 N–H and O–H groups in total. The first-order valence-electron chi connectivity index (χ1n) is 12.5.